The molecule has 114 valence electrons. The summed E-state index contributed by atoms with van der Waals surface area (Å²) in [5.41, 5.74) is -1.85. The smallest absolute Gasteiger partial charge is 0.416 e. The van der Waals surface area contributed by atoms with E-state index >= 15 is 0 Å². The van der Waals surface area contributed by atoms with Gasteiger partial charge in [0, 0.05) is 19.2 Å². The van der Waals surface area contributed by atoms with E-state index in [0.717, 1.165) is 19.2 Å². The van der Waals surface area contributed by atoms with E-state index in [1.165, 1.54) is 24.9 Å². The molecule has 7 heteroatoms. The van der Waals surface area contributed by atoms with Crippen LogP contribution in [0.15, 0.2) is 18.2 Å². The lowest BCUT2D eigenvalue weighted by Crippen LogP contribution is -2.46. The summed E-state index contributed by atoms with van der Waals surface area (Å²) in [7, 11) is 2.61. The van der Waals surface area contributed by atoms with Crippen LogP contribution in [0.4, 0.5) is 18.9 Å². The van der Waals surface area contributed by atoms with Gasteiger partial charge in [-0.3, -0.25) is 9.59 Å². The molecule has 0 saturated carbocycles. The molecule has 0 unspecified atom stereocenters. The molecule has 1 aromatic carbocycles. The summed E-state index contributed by atoms with van der Waals surface area (Å²) >= 11 is 0. The number of fused-ring (bicyclic) bond motifs is 1. The zero-order chi connectivity index (χ0) is 16.0. The summed E-state index contributed by atoms with van der Waals surface area (Å²) in [5, 5.41) is 0. The first-order valence-corrected chi connectivity index (χ1v) is 6.18. The van der Waals surface area contributed by atoms with E-state index in [1.54, 1.807) is 0 Å². The molecule has 2 rings (SSSR count). The van der Waals surface area contributed by atoms with Gasteiger partial charge in [0.1, 0.15) is 5.41 Å². The average molecular weight is 301 g/mol. The zero-order valence-electron chi connectivity index (χ0n) is 11.7. The van der Waals surface area contributed by atoms with Gasteiger partial charge in [0.05, 0.1) is 12.7 Å². The number of carbonyl (C=O) groups excluding carboxylic acids is 2. The number of nitrogens with zero attached hydrogens (tertiary/aromatic N) is 1. The van der Waals surface area contributed by atoms with Crippen LogP contribution in [0, 0.1) is 0 Å². The fourth-order valence-corrected chi connectivity index (χ4v) is 2.50. The van der Waals surface area contributed by atoms with Crippen molar-refractivity contribution >= 4 is 17.6 Å². The first kappa shape index (κ1) is 15.3. The van der Waals surface area contributed by atoms with Crippen LogP contribution in [0.3, 0.4) is 0 Å². The lowest BCUT2D eigenvalue weighted by atomic mass is 9.75. The highest BCUT2D eigenvalue weighted by Gasteiger charge is 2.46. The summed E-state index contributed by atoms with van der Waals surface area (Å²) in [6.07, 6.45) is -4.75. The lowest BCUT2D eigenvalue weighted by Gasteiger charge is -2.37. The summed E-state index contributed by atoms with van der Waals surface area (Å²) in [6.45, 7) is 1.42. The molecule has 0 N–H and O–H groups in total. The standard InChI is InChI=1S/C14H14F3NO3/c1-13(12(20)21-3)7-11(19)18(2)10-5-4-8(6-9(10)13)14(15,16)17/h4-6H,7H2,1-3H3/t13-/m1/s1. The van der Waals surface area contributed by atoms with E-state index in [9.17, 15) is 22.8 Å². The lowest BCUT2D eigenvalue weighted by molar-refractivity contribution is -0.149. The normalized spacial score (nSPS) is 22.0. The van der Waals surface area contributed by atoms with Crippen LogP contribution in [-0.2, 0) is 25.9 Å². The summed E-state index contributed by atoms with van der Waals surface area (Å²) in [6, 6.07) is 3.01. The number of esters is 1. The average Bonchev–Trinajstić information content (AvgIpc) is 2.42. The molecule has 1 atom stereocenters. The van der Waals surface area contributed by atoms with Crippen molar-refractivity contribution in [2.45, 2.75) is 24.9 Å². The predicted molar refractivity (Wildman–Crippen MR) is 68.8 cm³/mol. The van der Waals surface area contributed by atoms with Gasteiger partial charge in [0.2, 0.25) is 5.91 Å². The van der Waals surface area contributed by atoms with Crippen LogP contribution in [-0.4, -0.2) is 26.0 Å². The SMILES string of the molecule is COC(=O)[C@]1(C)CC(=O)N(C)c2ccc(C(F)(F)F)cc21. The predicted octanol–water partition coefficient (Wildman–Crippen LogP) is 2.50. The molecule has 0 radical (unpaired) electrons. The molecule has 0 aromatic heterocycles. The number of benzene rings is 1. The first-order valence-electron chi connectivity index (χ1n) is 6.18. The highest BCUT2D eigenvalue weighted by atomic mass is 19.4. The third-order valence-corrected chi connectivity index (χ3v) is 3.79. The van der Waals surface area contributed by atoms with Crippen molar-refractivity contribution in [3.8, 4) is 0 Å². The van der Waals surface area contributed by atoms with Crippen molar-refractivity contribution in [3.05, 3.63) is 29.3 Å². The molecule has 0 fully saturated rings. The third kappa shape index (κ3) is 2.36. The van der Waals surface area contributed by atoms with Crippen LogP contribution in [0.1, 0.15) is 24.5 Å². The second kappa shape index (κ2) is 4.75. The number of ether oxygens (including phenoxy) is 1. The van der Waals surface area contributed by atoms with E-state index in [-0.39, 0.29) is 23.6 Å². The molecule has 1 heterocycles. The van der Waals surface area contributed by atoms with Crippen molar-refractivity contribution in [1.82, 2.24) is 0 Å². The van der Waals surface area contributed by atoms with Crippen molar-refractivity contribution < 1.29 is 27.5 Å². The quantitative estimate of drug-likeness (QED) is 0.749. The van der Waals surface area contributed by atoms with E-state index in [2.05, 4.69) is 4.74 Å². The Kier molecular flexibility index (Phi) is 3.47. The number of hydrogen-bond donors (Lipinski definition) is 0. The molecule has 0 saturated heterocycles. The minimum absolute atomic E-state index is 0.145. The van der Waals surface area contributed by atoms with Gasteiger partial charge in [-0.2, -0.15) is 13.2 Å². The third-order valence-electron chi connectivity index (χ3n) is 3.79. The second-order valence-corrected chi connectivity index (χ2v) is 5.18. The molecule has 0 aliphatic carbocycles. The number of methoxy groups -OCH3 is 1. The molecule has 4 nitrogen and oxygen atoms in total. The van der Waals surface area contributed by atoms with Crippen LogP contribution in [0.2, 0.25) is 0 Å². The molecular weight excluding hydrogens is 287 g/mol. The summed E-state index contributed by atoms with van der Waals surface area (Å²) < 4.78 is 43.3. The Morgan fingerprint density at radius 3 is 2.52 bits per heavy atom. The molecule has 1 amide bonds. The second-order valence-electron chi connectivity index (χ2n) is 5.18. The fourth-order valence-electron chi connectivity index (χ4n) is 2.50. The largest absolute Gasteiger partial charge is 0.468 e. The van der Waals surface area contributed by atoms with Crippen LogP contribution >= 0.6 is 0 Å². The Labute approximate surface area is 119 Å². The highest BCUT2D eigenvalue weighted by molar-refractivity contribution is 6.03. The molecule has 0 spiro atoms. The Bertz CT molecular complexity index is 612. The Hall–Kier alpha value is -2.05. The van der Waals surface area contributed by atoms with Gasteiger partial charge in [-0.15, -0.1) is 0 Å². The molecule has 21 heavy (non-hydrogen) atoms. The van der Waals surface area contributed by atoms with Crippen molar-refractivity contribution in [2.24, 2.45) is 0 Å². The molecule has 1 aromatic rings. The van der Waals surface area contributed by atoms with E-state index < -0.39 is 23.1 Å². The number of anilines is 1. The number of rotatable bonds is 1. The zero-order valence-corrected chi connectivity index (χ0v) is 11.7. The fraction of sp³-hybridized carbons (Fsp3) is 0.429. The molecule has 0 bridgehead atoms. The number of hydrogen-bond acceptors (Lipinski definition) is 3. The van der Waals surface area contributed by atoms with Crippen molar-refractivity contribution in [2.75, 3.05) is 19.1 Å². The van der Waals surface area contributed by atoms with E-state index in [4.69, 9.17) is 0 Å². The molecule has 1 aliphatic rings. The minimum Gasteiger partial charge on any atom is -0.468 e. The first-order chi connectivity index (χ1) is 9.61. The molecule has 1 aliphatic heterocycles. The summed E-state index contributed by atoms with van der Waals surface area (Å²) in [5.74, 6) is -1.08. The van der Waals surface area contributed by atoms with Gasteiger partial charge >= 0.3 is 12.1 Å². The molecular formula is C14H14F3NO3. The van der Waals surface area contributed by atoms with Crippen molar-refractivity contribution in [1.29, 1.82) is 0 Å². The van der Waals surface area contributed by atoms with Crippen LogP contribution < -0.4 is 4.90 Å². The number of carbonyl (C=O) groups is 2. The monoisotopic (exact) mass is 301 g/mol. The number of alkyl halides is 3. The minimum atomic E-state index is -4.52. The van der Waals surface area contributed by atoms with E-state index in [1.807, 2.05) is 0 Å². The van der Waals surface area contributed by atoms with Gasteiger partial charge in [-0.25, -0.2) is 0 Å². The van der Waals surface area contributed by atoms with Gasteiger partial charge in [0.25, 0.3) is 0 Å². The van der Waals surface area contributed by atoms with E-state index in [0.29, 0.717) is 0 Å². The number of halogens is 3. The van der Waals surface area contributed by atoms with Gasteiger partial charge in [-0.1, -0.05) is 0 Å². The topological polar surface area (TPSA) is 46.6 Å². The highest BCUT2D eigenvalue weighted by Crippen LogP contribution is 2.43. The maximum atomic E-state index is 12.9. The van der Waals surface area contributed by atoms with Gasteiger partial charge in [-0.05, 0) is 30.7 Å². The number of amides is 1. The van der Waals surface area contributed by atoms with Gasteiger partial charge < -0.3 is 9.64 Å². The Balaban J connectivity index is 2.69. The maximum absolute atomic E-state index is 12.9. The Morgan fingerprint density at radius 1 is 1.38 bits per heavy atom. The Morgan fingerprint density at radius 2 is 2.00 bits per heavy atom. The maximum Gasteiger partial charge on any atom is 0.416 e. The van der Waals surface area contributed by atoms with Crippen LogP contribution in [0.5, 0.6) is 0 Å². The summed E-state index contributed by atoms with van der Waals surface area (Å²) in [4.78, 5) is 25.2. The van der Waals surface area contributed by atoms with Gasteiger partial charge in [0.15, 0.2) is 0 Å². The van der Waals surface area contributed by atoms with Crippen LogP contribution in [0.25, 0.3) is 0 Å². The van der Waals surface area contributed by atoms with Crippen molar-refractivity contribution in [3.63, 3.8) is 0 Å².